The molecule has 0 atom stereocenters. The summed E-state index contributed by atoms with van der Waals surface area (Å²) in [6, 6.07) is 20.8. The average Bonchev–Trinajstić information content (AvgIpc) is 3.02. The molecule has 30 heavy (non-hydrogen) atoms. The molecule has 1 heterocycles. The third kappa shape index (κ3) is 3.26. The highest BCUT2D eigenvalue weighted by molar-refractivity contribution is 6.09. The first-order chi connectivity index (χ1) is 14.4. The Morgan fingerprint density at radius 2 is 1.80 bits per heavy atom. The smallest absolute Gasteiger partial charge is 0.255 e. The van der Waals surface area contributed by atoms with Gasteiger partial charge in [-0.15, -0.1) is 0 Å². The molecule has 1 aromatic heterocycles. The van der Waals surface area contributed by atoms with E-state index in [0.29, 0.717) is 12.1 Å². The normalized spacial score (nSPS) is 11.0. The van der Waals surface area contributed by atoms with E-state index in [1.165, 1.54) is 10.8 Å². The van der Waals surface area contributed by atoms with Crippen LogP contribution < -0.4 is 11.1 Å². The molecule has 0 aliphatic rings. The van der Waals surface area contributed by atoms with Crippen molar-refractivity contribution in [1.29, 1.82) is 5.41 Å². The molecule has 0 aliphatic heterocycles. The predicted octanol–water partition coefficient (Wildman–Crippen LogP) is 3.68. The molecule has 1 amide bonds. The number of nitrogens with zero attached hydrogens (tertiary/aromatic N) is 2. The summed E-state index contributed by atoms with van der Waals surface area (Å²) in [4.78, 5) is 14.5. The van der Waals surface area contributed by atoms with Crippen LogP contribution in [-0.2, 0) is 13.6 Å². The summed E-state index contributed by atoms with van der Waals surface area (Å²) in [5, 5.41) is 13.6. The van der Waals surface area contributed by atoms with Crippen LogP contribution in [0.4, 0.5) is 0 Å². The van der Waals surface area contributed by atoms with Crippen LogP contribution in [0.15, 0.2) is 60.7 Å². The molecular weight excluding hydrogens is 374 g/mol. The summed E-state index contributed by atoms with van der Waals surface area (Å²) < 4.78 is 2.01. The maximum absolute atomic E-state index is 13.0. The Balaban J connectivity index is 1.94. The van der Waals surface area contributed by atoms with Gasteiger partial charge in [-0.05, 0) is 28.0 Å². The molecule has 4 rings (SSSR count). The fourth-order valence-electron chi connectivity index (χ4n) is 3.98. The standard InChI is InChI=1S/C24H25N5O/c1-28(2)23(30)22-19-12-11-16(13-20(19)29(3)21(22)14-27-24(25)26)18-10-6-8-15-7-4-5-9-17(15)18/h4-13H,14H2,1-3H3,(H4,25,26,27). The summed E-state index contributed by atoms with van der Waals surface area (Å²) in [5.74, 6) is -0.196. The highest BCUT2D eigenvalue weighted by Gasteiger charge is 2.23. The molecule has 0 fully saturated rings. The number of rotatable bonds is 4. The van der Waals surface area contributed by atoms with Crippen molar-refractivity contribution in [3.8, 4) is 11.1 Å². The SMILES string of the molecule is CN(C)C(=O)c1c(CNC(=N)N)n(C)c2cc(-c3cccc4ccccc34)ccc12. The molecule has 0 saturated heterocycles. The van der Waals surface area contributed by atoms with E-state index in [1.54, 1.807) is 19.0 Å². The van der Waals surface area contributed by atoms with Gasteiger partial charge in [0.1, 0.15) is 0 Å². The topological polar surface area (TPSA) is 87.1 Å². The summed E-state index contributed by atoms with van der Waals surface area (Å²) in [5.41, 5.74) is 10.1. The van der Waals surface area contributed by atoms with Crippen molar-refractivity contribution in [3.63, 3.8) is 0 Å². The van der Waals surface area contributed by atoms with Crippen molar-refractivity contribution < 1.29 is 4.79 Å². The Morgan fingerprint density at radius 3 is 2.53 bits per heavy atom. The number of nitrogens with two attached hydrogens (primary N) is 1. The van der Waals surface area contributed by atoms with Crippen molar-refractivity contribution in [2.75, 3.05) is 14.1 Å². The Bertz CT molecular complexity index is 1280. The number of hydrogen-bond donors (Lipinski definition) is 3. The largest absolute Gasteiger partial charge is 0.370 e. The number of amides is 1. The number of aryl methyl sites for hydroxylation is 1. The van der Waals surface area contributed by atoms with Crippen molar-refractivity contribution in [2.45, 2.75) is 6.54 Å². The number of fused-ring (bicyclic) bond motifs is 2. The van der Waals surface area contributed by atoms with Crippen molar-refractivity contribution in [3.05, 3.63) is 71.9 Å². The number of aromatic nitrogens is 1. The van der Waals surface area contributed by atoms with Crippen LogP contribution in [0.2, 0.25) is 0 Å². The van der Waals surface area contributed by atoms with Gasteiger partial charge in [-0.1, -0.05) is 54.6 Å². The van der Waals surface area contributed by atoms with E-state index in [9.17, 15) is 4.79 Å². The molecule has 4 aromatic rings. The Hall–Kier alpha value is -3.80. The van der Waals surface area contributed by atoms with Crippen molar-refractivity contribution >= 4 is 33.5 Å². The quantitative estimate of drug-likeness (QED) is 0.361. The average molecular weight is 399 g/mol. The van der Waals surface area contributed by atoms with Crippen LogP contribution in [0.1, 0.15) is 16.1 Å². The van der Waals surface area contributed by atoms with E-state index in [0.717, 1.165) is 27.7 Å². The summed E-state index contributed by atoms with van der Waals surface area (Å²) >= 11 is 0. The van der Waals surface area contributed by atoms with Crippen molar-refractivity contribution in [2.24, 2.45) is 12.8 Å². The van der Waals surface area contributed by atoms with E-state index in [2.05, 4.69) is 47.8 Å². The molecule has 4 N–H and O–H groups in total. The van der Waals surface area contributed by atoms with Gasteiger partial charge in [0.15, 0.2) is 5.96 Å². The maximum atomic E-state index is 13.0. The summed E-state index contributed by atoms with van der Waals surface area (Å²) in [6.45, 7) is 0.305. The Kier molecular flexibility index (Phi) is 4.91. The lowest BCUT2D eigenvalue weighted by Crippen LogP contribution is -2.31. The zero-order valence-electron chi connectivity index (χ0n) is 17.4. The zero-order valence-corrected chi connectivity index (χ0v) is 17.4. The van der Waals surface area contributed by atoms with E-state index in [-0.39, 0.29) is 11.9 Å². The molecule has 6 nitrogen and oxygen atoms in total. The lowest BCUT2D eigenvalue weighted by molar-refractivity contribution is 0.0828. The fourth-order valence-corrected chi connectivity index (χ4v) is 3.98. The monoisotopic (exact) mass is 399 g/mol. The fraction of sp³-hybridized carbons (Fsp3) is 0.167. The minimum Gasteiger partial charge on any atom is -0.370 e. The first-order valence-corrected chi connectivity index (χ1v) is 9.77. The van der Waals surface area contributed by atoms with Gasteiger partial charge in [0.2, 0.25) is 0 Å². The molecule has 0 bridgehead atoms. The lowest BCUT2D eigenvalue weighted by Gasteiger charge is -2.13. The van der Waals surface area contributed by atoms with E-state index >= 15 is 0 Å². The molecule has 6 heteroatoms. The number of nitrogens with one attached hydrogen (secondary N) is 2. The van der Waals surface area contributed by atoms with Crippen LogP contribution in [0.25, 0.3) is 32.8 Å². The zero-order chi connectivity index (χ0) is 21.4. The molecule has 152 valence electrons. The number of carbonyl (C=O) groups excluding carboxylic acids is 1. The maximum Gasteiger partial charge on any atom is 0.255 e. The van der Waals surface area contributed by atoms with Crippen molar-refractivity contribution in [1.82, 2.24) is 14.8 Å². The number of hydrogen-bond acceptors (Lipinski definition) is 2. The Morgan fingerprint density at radius 1 is 1.07 bits per heavy atom. The molecule has 0 saturated carbocycles. The molecule has 0 aliphatic carbocycles. The second kappa shape index (κ2) is 7.55. The van der Waals surface area contributed by atoms with Crippen LogP contribution in [-0.4, -0.2) is 35.4 Å². The van der Waals surface area contributed by atoms with E-state index in [4.69, 9.17) is 11.1 Å². The van der Waals surface area contributed by atoms with Gasteiger partial charge in [-0.25, -0.2) is 0 Å². The Labute approximate surface area is 175 Å². The molecular formula is C24H25N5O. The van der Waals surface area contributed by atoms with Gasteiger partial charge in [0, 0.05) is 32.0 Å². The van der Waals surface area contributed by atoms with Crippen LogP contribution >= 0.6 is 0 Å². The first kappa shape index (κ1) is 19.5. The van der Waals surface area contributed by atoms with Crippen LogP contribution in [0.5, 0.6) is 0 Å². The number of guanidine groups is 1. The van der Waals surface area contributed by atoms with E-state index < -0.39 is 0 Å². The summed E-state index contributed by atoms with van der Waals surface area (Å²) in [7, 11) is 5.43. The van der Waals surface area contributed by atoms with Gasteiger partial charge < -0.3 is 20.5 Å². The highest BCUT2D eigenvalue weighted by Crippen LogP contribution is 2.33. The van der Waals surface area contributed by atoms with E-state index in [1.807, 2.05) is 29.8 Å². The first-order valence-electron chi connectivity index (χ1n) is 9.77. The van der Waals surface area contributed by atoms with Crippen LogP contribution in [0, 0.1) is 5.41 Å². The second-order valence-corrected chi connectivity index (χ2v) is 7.61. The number of carbonyl (C=O) groups is 1. The van der Waals surface area contributed by atoms with Gasteiger partial charge in [-0.2, -0.15) is 0 Å². The molecule has 0 radical (unpaired) electrons. The predicted molar refractivity (Wildman–Crippen MR) is 123 cm³/mol. The highest BCUT2D eigenvalue weighted by atomic mass is 16.2. The third-order valence-electron chi connectivity index (χ3n) is 5.49. The number of benzene rings is 3. The van der Waals surface area contributed by atoms with Gasteiger partial charge in [-0.3, -0.25) is 10.2 Å². The minimum atomic E-state index is -0.125. The summed E-state index contributed by atoms with van der Waals surface area (Å²) in [6.07, 6.45) is 0. The van der Waals surface area contributed by atoms with Crippen LogP contribution in [0.3, 0.4) is 0 Å². The van der Waals surface area contributed by atoms with Gasteiger partial charge in [0.25, 0.3) is 5.91 Å². The van der Waals surface area contributed by atoms with Gasteiger partial charge in [0.05, 0.1) is 17.8 Å². The third-order valence-corrected chi connectivity index (χ3v) is 5.49. The lowest BCUT2D eigenvalue weighted by atomic mass is 9.97. The molecule has 0 unspecified atom stereocenters. The molecule has 0 spiro atoms. The van der Waals surface area contributed by atoms with Gasteiger partial charge >= 0.3 is 0 Å². The second-order valence-electron chi connectivity index (χ2n) is 7.61. The molecule has 3 aromatic carbocycles. The minimum absolute atomic E-state index is 0.0705.